The van der Waals surface area contributed by atoms with Gasteiger partial charge in [-0.25, -0.2) is 0 Å². The molecule has 0 aliphatic heterocycles. The van der Waals surface area contributed by atoms with Crippen LogP contribution in [-0.2, 0) is 6.61 Å². The summed E-state index contributed by atoms with van der Waals surface area (Å²) in [5.74, 6) is 0.684. The smallest absolute Gasteiger partial charge is 0.138 e. The summed E-state index contributed by atoms with van der Waals surface area (Å²) in [5, 5.41) is 0.583. The Morgan fingerprint density at radius 3 is 2.62 bits per heavy atom. The van der Waals surface area contributed by atoms with Crippen LogP contribution in [0.1, 0.15) is 5.56 Å². The Bertz CT molecular complexity index is 468. The number of halogens is 2. The zero-order valence-electron chi connectivity index (χ0n) is 8.41. The summed E-state index contributed by atoms with van der Waals surface area (Å²) in [6.45, 7) is 0.511. The molecule has 0 saturated heterocycles. The molecule has 2 aromatic carbocycles. The second-order valence-corrected chi connectivity index (χ2v) is 4.59. The molecule has 2 rings (SSSR count). The number of ether oxygens (including phenoxy) is 1. The van der Waals surface area contributed by atoms with E-state index in [0.717, 1.165) is 10.0 Å². The van der Waals surface area contributed by atoms with E-state index in [9.17, 15) is 0 Å². The Balaban J connectivity index is 2.02. The van der Waals surface area contributed by atoms with Gasteiger partial charge in [-0.15, -0.1) is 0 Å². The van der Waals surface area contributed by atoms with Crippen molar-refractivity contribution in [3.8, 4) is 5.75 Å². The highest BCUT2D eigenvalue weighted by Gasteiger charge is 2.00. The van der Waals surface area contributed by atoms with Crippen molar-refractivity contribution in [2.45, 2.75) is 6.61 Å². The largest absolute Gasteiger partial charge is 0.487 e. The van der Waals surface area contributed by atoms with Gasteiger partial charge in [-0.1, -0.05) is 45.7 Å². The van der Waals surface area contributed by atoms with Crippen LogP contribution >= 0.6 is 27.5 Å². The molecule has 0 atom stereocenters. The van der Waals surface area contributed by atoms with Gasteiger partial charge in [0, 0.05) is 4.47 Å². The first kappa shape index (κ1) is 11.5. The molecule has 16 heavy (non-hydrogen) atoms. The van der Waals surface area contributed by atoms with Crippen molar-refractivity contribution in [3.05, 3.63) is 63.6 Å². The van der Waals surface area contributed by atoms with Gasteiger partial charge in [0.05, 0.1) is 5.02 Å². The Hall–Kier alpha value is -0.990. The third-order valence-corrected chi connectivity index (χ3v) is 2.91. The fraction of sp³-hybridized carbons (Fsp3) is 0.0769. The monoisotopic (exact) mass is 295 g/mol. The lowest BCUT2D eigenvalue weighted by molar-refractivity contribution is 0.306. The average Bonchev–Trinajstić information content (AvgIpc) is 2.30. The molecule has 0 aromatic heterocycles. The van der Waals surface area contributed by atoms with Crippen LogP contribution in [0.3, 0.4) is 0 Å². The molecule has 1 nitrogen and oxygen atoms in total. The van der Waals surface area contributed by atoms with Gasteiger partial charge in [0.1, 0.15) is 12.4 Å². The van der Waals surface area contributed by atoms with E-state index in [1.807, 2.05) is 24.3 Å². The van der Waals surface area contributed by atoms with E-state index in [4.69, 9.17) is 16.3 Å². The van der Waals surface area contributed by atoms with E-state index in [2.05, 4.69) is 22.0 Å². The van der Waals surface area contributed by atoms with Crippen molar-refractivity contribution in [2.24, 2.45) is 0 Å². The normalized spacial score (nSPS) is 10.1. The Morgan fingerprint density at radius 2 is 1.94 bits per heavy atom. The molecular weight excluding hydrogens is 287 g/mol. The molecule has 0 aliphatic carbocycles. The van der Waals surface area contributed by atoms with Crippen molar-refractivity contribution in [3.63, 3.8) is 0 Å². The number of benzene rings is 2. The quantitative estimate of drug-likeness (QED) is 0.811. The van der Waals surface area contributed by atoms with Crippen molar-refractivity contribution >= 4 is 27.5 Å². The van der Waals surface area contributed by atoms with Crippen LogP contribution in [0.5, 0.6) is 5.75 Å². The van der Waals surface area contributed by atoms with Crippen molar-refractivity contribution in [2.75, 3.05) is 0 Å². The zero-order chi connectivity index (χ0) is 11.4. The van der Waals surface area contributed by atoms with Crippen LogP contribution in [0.4, 0.5) is 0 Å². The third-order valence-electron chi connectivity index (χ3n) is 2.08. The van der Waals surface area contributed by atoms with Crippen LogP contribution in [0.2, 0.25) is 5.02 Å². The molecule has 3 heteroatoms. The molecule has 0 heterocycles. The van der Waals surface area contributed by atoms with Crippen LogP contribution in [0.25, 0.3) is 0 Å². The summed E-state index contributed by atoms with van der Waals surface area (Å²) in [6.07, 6.45) is 0. The molecule has 81 valence electrons. The lowest BCUT2D eigenvalue weighted by Gasteiger charge is -2.07. The SMILES string of the molecule is Clc1c[c]ccc1OCc1ccc(Br)cc1. The first-order chi connectivity index (χ1) is 7.75. The van der Waals surface area contributed by atoms with Crippen LogP contribution in [-0.4, -0.2) is 0 Å². The summed E-state index contributed by atoms with van der Waals surface area (Å²) in [5.41, 5.74) is 1.10. The van der Waals surface area contributed by atoms with E-state index >= 15 is 0 Å². The van der Waals surface area contributed by atoms with Crippen LogP contribution < -0.4 is 4.74 Å². The minimum atomic E-state index is 0.511. The highest BCUT2D eigenvalue weighted by atomic mass is 79.9. The maximum atomic E-state index is 5.95. The molecule has 1 radical (unpaired) electrons. The summed E-state index contributed by atoms with van der Waals surface area (Å²) >= 11 is 9.34. The minimum Gasteiger partial charge on any atom is -0.487 e. The molecule has 0 amide bonds. The van der Waals surface area contributed by atoms with E-state index in [0.29, 0.717) is 17.4 Å². The fourth-order valence-electron chi connectivity index (χ4n) is 1.25. The number of hydrogen-bond acceptors (Lipinski definition) is 1. The van der Waals surface area contributed by atoms with Gasteiger partial charge in [0.25, 0.3) is 0 Å². The van der Waals surface area contributed by atoms with Gasteiger partial charge in [-0.05, 0) is 35.9 Å². The standard InChI is InChI=1S/C13H9BrClO/c14-11-7-5-10(6-8-11)9-16-13-4-2-1-3-12(13)15/h2-8H,9H2. The van der Waals surface area contributed by atoms with E-state index in [1.165, 1.54) is 0 Å². The molecule has 2 aromatic rings. The van der Waals surface area contributed by atoms with Gasteiger partial charge in [0.15, 0.2) is 0 Å². The summed E-state index contributed by atoms with van der Waals surface area (Å²) in [6, 6.07) is 16.2. The lowest BCUT2D eigenvalue weighted by Crippen LogP contribution is -1.95. The topological polar surface area (TPSA) is 9.23 Å². The predicted octanol–water partition coefficient (Wildman–Crippen LogP) is 4.48. The average molecular weight is 297 g/mol. The van der Waals surface area contributed by atoms with Crippen molar-refractivity contribution in [1.82, 2.24) is 0 Å². The predicted molar refractivity (Wildman–Crippen MR) is 68.8 cm³/mol. The molecular formula is C13H9BrClO. The highest BCUT2D eigenvalue weighted by molar-refractivity contribution is 9.10. The Morgan fingerprint density at radius 1 is 1.19 bits per heavy atom. The van der Waals surface area contributed by atoms with Crippen LogP contribution in [0.15, 0.2) is 46.9 Å². The number of rotatable bonds is 3. The van der Waals surface area contributed by atoms with E-state index in [1.54, 1.807) is 18.2 Å². The first-order valence-corrected chi connectivity index (χ1v) is 5.95. The summed E-state index contributed by atoms with van der Waals surface area (Å²) in [7, 11) is 0. The zero-order valence-corrected chi connectivity index (χ0v) is 10.8. The maximum Gasteiger partial charge on any atom is 0.138 e. The molecule has 0 fully saturated rings. The lowest BCUT2D eigenvalue weighted by atomic mass is 10.2. The Kier molecular flexibility index (Phi) is 3.86. The second-order valence-electron chi connectivity index (χ2n) is 3.27. The summed E-state index contributed by atoms with van der Waals surface area (Å²) < 4.78 is 6.65. The summed E-state index contributed by atoms with van der Waals surface area (Å²) in [4.78, 5) is 0. The van der Waals surface area contributed by atoms with Crippen LogP contribution in [0, 0.1) is 6.07 Å². The molecule has 0 aliphatic rings. The molecule has 0 saturated carbocycles. The second kappa shape index (κ2) is 5.37. The van der Waals surface area contributed by atoms with Gasteiger partial charge < -0.3 is 4.74 Å². The number of hydrogen-bond donors (Lipinski definition) is 0. The Labute approximate surface area is 108 Å². The van der Waals surface area contributed by atoms with E-state index in [-0.39, 0.29) is 0 Å². The molecule has 0 bridgehead atoms. The van der Waals surface area contributed by atoms with Gasteiger partial charge in [0.2, 0.25) is 0 Å². The molecule has 0 N–H and O–H groups in total. The van der Waals surface area contributed by atoms with Gasteiger partial charge >= 0.3 is 0 Å². The van der Waals surface area contributed by atoms with Crippen molar-refractivity contribution in [1.29, 1.82) is 0 Å². The molecule has 0 unspecified atom stereocenters. The van der Waals surface area contributed by atoms with E-state index < -0.39 is 0 Å². The third kappa shape index (κ3) is 3.00. The van der Waals surface area contributed by atoms with Crippen molar-refractivity contribution < 1.29 is 4.74 Å². The van der Waals surface area contributed by atoms with Gasteiger partial charge in [-0.2, -0.15) is 0 Å². The minimum absolute atomic E-state index is 0.511. The fourth-order valence-corrected chi connectivity index (χ4v) is 1.70. The van der Waals surface area contributed by atoms with Gasteiger partial charge in [-0.3, -0.25) is 0 Å². The first-order valence-electron chi connectivity index (χ1n) is 4.78. The maximum absolute atomic E-state index is 5.95. The molecule has 0 spiro atoms. The highest BCUT2D eigenvalue weighted by Crippen LogP contribution is 2.24.